The number of nitrogens with zero attached hydrogens (tertiary/aromatic N) is 3. The third-order valence-corrected chi connectivity index (χ3v) is 6.30. The fourth-order valence-corrected chi connectivity index (χ4v) is 4.44. The molecule has 0 saturated heterocycles. The number of hydrogen-bond donors (Lipinski definition) is 0. The van der Waals surface area contributed by atoms with Gasteiger partial charge in [0.1, 0.15) is 11.3 Å². The van der Waals surface area contributed by atoms with Crippen molar-refractivity contribution in [3.63, 3.8) is 0 Å². The summed E-state index contributed by atoms with van der Waals surface area (Å²) in [5, 5.41) is 5.83. The second-order valence-electron chi connectivity index (χ2n) is 8.44. The van der Waals surface area contributed by atoms with Gasteiger partial charge in [-0.1, -0.05) is 55.7 Å². The molecule has 0 spiro atoms. The molecule has 0 radical (unpaired) electrons. The van der Waals surface area contributed by atoms with Gasteiger partial charge in [0.25, 0.3) is 0 Å². The number of likely N-dealkylation sites (N-methyl/N-ethyl adjacent to an activating group) is 1. The Labute approximate surface area is 188 Å². The summed E-state index contributed by atoms with van der Waals surface area (Å²) in [6.07, 6.45) is 11.3. The van der Waals surface area contributed by atoms with E-state index in [-0.39, 0.29) is 5.91 Å². The predicted molar refractivity (Wildman–Crippen MR) is 127 cm³/mol. The Balaban J connectivity index is 1.49. The predicted octanol–water partition coefficient (Wildman–Crippen LogP) is 6.09. The monoisotopic (exact) mass is 425 g/mol. The van der Waals surface area contributed by atoms with Crippen molar-refractivity contribution >= 4 is 23.0 Å². The van der Waals surface area contributed by atoms with E-state index in [1.54, 1.807) is 6.08 Å². The van der Waals surface area contributed by atoms with Gasteiger partial charge < -0.3 is 9.32 Å². The van der Waals surface area contributed by atoms with E-state index in [0.29, 0.717) is 11.8 Å². The molecule has 1 amide bonds. The topological polar surface area (TPSA) is 51.3 Å². The van der Waals surface area contributed by atoms with E-state index >= 15 is 0 Å². The first kappa shape index (κ1) is 20.3. The zero-order valence-electron chi connectivity index (χ0n) is 18.3. The minimum atomic E-state index is 0.0277. The van der Waals surface area contributed by atoms with Crippen molar-refractivity contribution in [3.05, 3.63) is 78.5 Å². The third kappa shape index (κ3) is 4.11. The molecule has 1 fully saturated rings. The molecule has 32 heavy (non-hydrogen) atoms. The lowest BCUT2D eigenvalue weighted by atomic mass is 9.94. The molecule has 0 aliphatic heterocycles. The molecule has 0 N–H and O–H groups in total. The van der Waals surface area contributed by atoms with Crippen molar-refractivity contribution < 1.29 is 9.21 Å². The highest BCUT2D eigenvalue weighted by Crippen LogP contribution is 2.30. The minimum Gasteiger partial charge on any atom is -0.454 e. The van der Waals surface area contributed by atoms with E-state index in [1.165, 1.54) is 19.3 Å². The lowest BCUT2D eigenvalue weighted by Gasteiger charge is -2.30. The Morgan fingerprint density at radius 1 is 1.06 bits per heavy atom. The Hall–Kier alpha value is -3.60. The Kier molecular flexibility index (Phi) is 5.63. The van der Waals surface area contributed by atoms with Crippen LogP contribution in [-0.2, 0) is 4.79 Å². The number of furan rings is 1. The van der Waals surface area contributed by atoms with Gasteiger partial charge in [-0.15, -0.1) is 0 Å². The van der Waals surface area contributed by atoms with Crippen LogP contribution in [0.1, 0.15) is 37.7 Å². The molecule has 4 aromatic rings. The van der Waals surface area contributed by atoms with E-state index < -0.39 is 0 Å². The highest BCUT2D eigenvalue weighted by molar-refractivity contribution is 5.93. The first-order valence-corrected chi connectivity index (χ1v) is 11.3. The van der Waals surface area contributed by atoms with Gasteiger partial charge in [0.05, 0.1) is 5.69 Å². The normalized spacial score (nSPS) is 14.9. The van der Waals surface area contributed by atoms with E-state index in [1.807, 2.05) is 89.6 Å². The minimum absolute atomic E-state index is 0.0277. The Morgan fingerprint density at radius 2 is 1.81 bits per heavy atom. The van der Waals surface area contributed by atoms with Crippen molar-refractivity contribution in [1.82, 2.24) is 14.7 Å². The van der Waals surface area contributed by atoms with Crippen LogP contribution in [0, 0.1) is 0 Å². The molecular formula is C27H27N3O2. The number of carbonyl (C=O) groups is 1. The second kappa shape index (κ2) is 8.87. The van der Waals surface area contributed by atoms with Gasteiger partial charge in [-0.25, -0.2) is 4.68 Å². The molecular weight excluding hydrogens is 398 g/mol. The Bertz CT molecular complexity index is 1210. The highest BCUT2D eigenvalue weighted by atomic mass is 16.3. The van der Waals surface area contributed by atoms with Crippen LogP contribution in [-0.4, -0.2) is 33.7 Å². The first-order chi connectivity index (χ1) is 15.7. The van der Waals surface area contributed by atoms with Crippen molar-refractivity contribution in [3.8, 4) is 17.1 Å². The van der Waals surface area contributed by atoms with Gasteiger partial charge in [0, 0.05) is 36.3 Å². The smallest absolute Gasteiger partial charge is 0.246 e. The summed E-state index contributed by atoms with van der Waals surface area (Å²) < 4.78 is 7.92. The van der Waals surface area contributed by atoms with Gasteiger partial charge in [0.15, 0.2) is 5.76 Å². The van der Waals surface area contributed by atoms with E-state index in [2.05, 4.69) is 0 Å². The molecule has 1 aliphatic carbocycles. The second-order valence-corrected chi connectivity index (χ2v) is 8.44. The lowest BCUT2D eigenvalue weighted by Crippen LogP contribution is -2.37. The SMILES string of the molecule is CN(C(=O)/C=C/c1cn(-c2ccccc2)nc1-c1cc2ccccc2o1)C1CCCCC1. The fraction of sp³-hybridized carbons (Fsp3) is 0.259. The molecule has 5 rings (SSSR count). The van der Waals surface area contributed by atoms with Crippen LogP contribution in [0.25, 0.3) is 34.2 Å². The highest BCUT2D eigenvalue weighted by Gasteiger charge is 2.21. The first-order valence-electron chi connectivity index (χ1n) is 11.3. The number of fused-ring (bicyclic) bond motifs is 1. The van der Waals surface area contributed by atoms with Gasteiger partial charge in [0.2, 0.25) is 5.91 Å². The summed E-state index contributed by atoms with van der Waals surface area (Å²) in [5.41, 5.74) is 3.34. The molecule has 5 nitrogen and oxygen atoms in total. The van der Waals surface area contributed by atoms with Crippen molar-refractivity contribution in [2.45, 2.75) is 38.1 Å². The van der Waals surface area contributed by atoms with Crippen LogP contribution in [0.4, 0.5) is 0 Å². The molecule has 2 aromatic carbocycles. The quantitative estimate of drug-likeness (QED) is 0.364. The zero-order valence-corrected chi connectivity index (χ0v) is 18.3. The average Bonchev–Trinajstić information content (AvgIpc) is 3.47. The molecule has 2 heterocycles. The number of carbonyl (C=O) groups excluding carboxylic acids is 1. The fourth-order valence-electron chi connectivity index (χ4n) is 4.44. The third-order valence-electron chi connectivity index (χ3n) is 6.30. The summed E-state index contributed by atoms with van der Waals surface area (Å²) in [7, 11) is 1.91. The van der Waals surface area contributed by atoms with Crippen LogP contribution in [0.5, 0.6) is 0 Å². The summed E-state index contributed by atoms with van der Waals surface area (Å²) in [4.78, 5) is 14.8. The molecule has 1 saturated carbocycles. The maximum absolute atomic E-state index is 12.9. The van der Waals surface area contributed by atoms with Gasteiger partial charge in [-0.2, -0.15) is 5.10 Å². The molecule has 0 atom stereocenters. The zero-order chi connectivity index (χ0) is 21.9. The number of para-hydroxylation sites is 2. The van der Waals surface area contributed by atoms with Crippen LogP contribution in [0.2, 0.25) is 0 Å². The summed E-state index contributed by atoms with van der Waals surface area (Å²) >= 11 is 0. The average molecular weight is 426 g/mol. The number of aromatic nitrogens is 2. The van der Waals surface area contributed by atoms with Crippen LogP contribution in [0.15, 0.2) is 77.4 Å². The molecule has 2 aromatic heterocycles. The van der Waals surface area contributed by atoms with E-state index in [9.17, 15) is 4.79 Å². The molecule has 1 aliphatic rings. The van der Waals surface area contributed by atoms with E-state index in [0.717, 1.165) is 40.8 Å². The lowest BCUT2D eigenvalue weighted by molar-refractivity contribution is -0.127. The van der Waals surface area contributed by atoms with Gasteiger partial charge in [-0.3, -0.25) is 4.79 Å². The van der Waals surface area contributed by atoms with Crippen molar-refractivity contribution in [2.24, 2.45) is 0 Å². The largest absolute Gasteiger partial charge is 0.454 e. The molecule has 0 unspecified atom stereocenters. The maximum Gasteiger partial charge on any atom is 0.246 e. The van der Waals surface area contributed by atoms with E-state index in [4.69, 9.17) is 9.52 Å². The van der Waals surface area contributed by atoms with Gasteiger partial charge in [-0.05, 0) is 43.2 Å². The van der Waals surface area contributed by atoms with Crippen LogP contribution >= 0.6 is 0 Å². The molecule has 5 heteroatoms. The van der Waals surface area contributed by atoms with Crippen molar-refractivity contribution in [2.75, 3.05) is 7.05 Å². The summed E-state index contributed by atoms with van der Waals surface area (Å²) in [6, 6.07) is 20.2. The summed E-state index contributed by atoms with van der Waals surface area (Å²) in [6.45, 7) is 0. The standard InChI is InChI=1S/C27H27N3O2/c1-29(22-11-4-2-5-12-22)26(31)17-16-21-19-30(23-13-6-3-7-14-23)28-27(21)25-18-20-10-8-9-15-24(20)32-25/h3,6-10,13-19,22H,2,4-5,11-12H2,1H3/b17-16+. The maximum atomic E-state index is 12.9. The van der Waals surface area contributed by atoms with Crippen LogP contribution in [0.3, 0.4) is 0 Å². The summed E-state index contributed by atoms with van der Waals surface area (Å²) in [5.74, 6) is 0.716. The van der Waals surface area contributed by atoms with Crippen LogP contribution < -0.4 is 0 Å². The number of hydrogen-bond acceptors (Lipinski definition) is 3. The number of rotatable bonds is 5. The Morgan fingerprint density at radius 3 is 2.59 bits per heavy atom. The van der Waals surface area contributed by atoms with Gasteiger partial charge >= 0.3 is 0 Å². The number of benzene rings is 2. The number of amides is 1. The molecule has 0 bridgehead atoms. The van der Waals surface area contributed by atoms with Crippen molar-refractivity contribution in [1.29, 1.82) is 0 Å². The molecule has 162 valence electrons.